The van der Waals surface area contributed by atoms with Gasteiger partial charge in [-0.25, -0.2) is 4.98 Å². The number of aromatic nitrogens is 2. The molecule has 0 N–H and O–H groups in total. The van der Waals surface area contributed by atoms with Crippen LogP contribution in [0.4, 0.5) is 13.2 Å². The van der Waals surface area contributed by atoms with Crippen LogP contribution in [0.25, 0.3) is 0 Å². The molecule has 0 atom stereocenters. The summed E-state index contributed by atoms with van der Waals surface area (Å²) >= 11 is 5.43. The number of nitrogens with zero attached hydrogens (tertiary/aromatic N) is 2. The van der Waals surface area contributed by atoms with Gasteiger partial charge in [0, 0.05) is 6.07 Å². The Bertz CT molecular complexity index is 594. The minimum atomic E-state index is -4.61. The summed E-state index contributed by atoms with van der Waals surface area (Å²) in [5.41, 5.74) is -1.15. The highest BCUT2D eigenvalue weighted by molar-refractivity contribution is 6.28. The highest BCUT2D eigenvalue weighted by atomic mass is 35.5. The highest BCUT2D eigenvalue weighted by Crippen LogP contribution is 2.30. The first-order valence-corrected chi connectivity index (χ1v) is 6.25. The summed E-state index contributed by atoms with van der Waals surface area (Å²) in [6.45, 7) is 0.187. The van der Waals surface area contributed by atoms with Crippen molar-refractivity contribution in [1.29, 1.82) is 0 Å². The van der Waals surface area contributed by atoms with E-state index in [4.69, 9.17) is 21.1 Å². The normalized spacial score (nSPS) is 11.2. The van der Waals surface area contributed by atoms with Gasteiger partial charge >= 0.3 is 6.18 Å². The summed E-state index contributed by atoms with van der Waals surface area (Å²) < 4.78 is 48.0. The molecule has 0 unspecified atom stereocenters. The van der Waals surface area contributed by atoms with Crippen molar-refractivity contribution in [1.82, 2.24) is 9.97 Å². The van der Waals surface area contributed by atoms with E-state index in [-0.39, 0.29) is 19.1 Å². The van der Waals surface area contributed by atoms with Crippen LogP contribution in [0.5, 0.6) is 11.6 Å². The summed E-state index contributed by atoms with van der Waals surface area (Å²) in [7, 11) is 0. The molecule has 0 saturated heterocycles. The highest BCUT2D eigenvalue weighted by Gasteiger charge is 2.33. The number of alkyl halides is 3. The van der Waals surface area contributed by atoms with Crippen LogP contribution in [-0.4, -0.2) is 23.2 Å². The van der Waals surface area contributed by atoms with E-state index in [1.54, 1.807) is 24.3 Å². The van der Waals surface area contributed by atoms with E-state index in [0.29, 0.717) is 11.8 Å². The molecule has 0 aliphatic rings. The zero-order chi connectivity index (χ0) is 15.3. The third kappa shape index (κ3) is 4.78. The summed E-state index contributed by atoms with van der Waals surface area (Å²) in [4.78, 5) is 6.67. The Hall–Kier alpha value is -2.02. The number of halogens is 4. The summed E-state index contributed by atoms with van der Waals surface area (Å²) in [5, 5.41) is -0.524. The van der Waals surface area contributed by atoms with Crippen LogP contribution in [0, 0.1) is 0 Å². The first-order valence-electron chi connectivity index (χ1n) is 5.87. The second kappa shape index (κ2) is 6.62. The zero-order valence-corrected chi connectivity index (χ0v) is 11.4. The average Bonchev–Trinajstić information content (AvgIpc) is 2.43. The fourth-order valence-corrected chi connectivity index (χ4v) is 1.61. The number of rotatable bonds is 5. The molecule has 1 aromatic carbocycles. The maximum atomic E-state index is 12.5. The number of ether oxygens (including phenoxy) is 2. The van der Waals surface area contributed by atoms with Gasteiger partial charge < -0.3 is 9.47 Å². The fraction of sp³-hybridized carbons (Fsp3) is 0.231. The molecule has 2 aromatic rings. The molecule has 8 heteroatoms. The monoisotopic (exact) mass is 318 g/mol. The molecule has 21 heavy (non-hydrogen) atoms. The average molecular weight is 319 g/mol. The second-order valence-corrected chi connectivity index (χ2v) is 4.21. The molecule has 1 heterocycles. The molecule has 0 saturated carbocycles. The third-order valence-corrected chi connectivity index (χ3v) is 2.48. The van der Waals surface area contributed by atoms with E-state index in [0.717, 1.165) is 0 Å². The maximum absolute atomic E-state index is 12.5. The van der Waals surface area contributed by atoms with Crippen molar-refractivity contribution in [2.45, 2.75) is 6.18 Å². The number of para-hydroxylation sites is 1. The van der Waals surface area contributed by atoms with Gasteiger partial charge in [-0.15, -0.1) is 0 Å². The predicted molar refractivity (Wildman–Crippen MR) is 69.5 cm³/mol. The molecular weight excluding hydrogens is 309 g/mol. The maximum Gasteiger partial charge on any atom is 0.433 e. The van der Waals surface area contributed by atoms with Gasteiger partial charge in [0.15, 0.2) is 5.69 Å². The van der Waals surface area contributed by atoms with Crippen LogP contribution in [-0.2, 0) is 6.18 Å². The summed E-state index contributed by atoms with van der Waals surface area (Å²) in [6.07, 6.45) is -4.61. The Kier molecular flexibility index (Phi) is 4.85. The molecule has 0 radical (unpaired) electrons. The van der Waals surface area contributed by atoms with Crippen molar-refractivity contribution in [3.05, 3.63) is 47.4 Å². The largest absolute Gasteiger partial charge is 0.490 e. The molecule has 0 spiro atoms. The van der Waals surface area contributed by atoms with Crippen LogP contribution in [0.15, 0.2) is 36.4 Å². The van der Waals surface area contributed by atoms with Crippen LogP contribution >= 0.6 is 11.6 Å². The van der Waals surface area contributed by atoms with E-state index in [2.05, 4.69) is 9.97 Å². The molecule has 0 aliphatic carbocycles. The van der Waals surface area contributed by atoms with E-state index in [1.165, 1.54) is 0 Å². The lowest BCUT2D eigenvalue weighted by Gasteiger charge is -2.10. The quantitative estimate of drug-likeness (QED) is 0.624. The second-order valence-electron chi connectivity index (χ2n) is 3.87. The smallest absolute Gasteiger partial charge is 0.433 e. The molecule has 0 amide bonds. The van der Waals surface area contributed by atoms with Crippen molar-refractivity contribution in [3.63, 3.8) is 0 Å². The summed E-state index contributed by atoms with van der Waals surface area (Å²) in [6, 6.07) is 9.64. The van der Waals surface area contributed by atoms with E-state index < -0.39 is 17.2 Å². The Morgan fingerprint density at radius 1 is 1.00 bits per heavy atom. The predicted octanol–water partition coefficient (Wildman–Crippen LogP) is 3.61. The standard InChI is InChI=1S/C13H10ClF3N2O2/c14-12-18-10(13(15,16)17)8-11(19-12)21-7-6-20-9-4-2-1-3-5-9/h1-5,8H,6-7H2. The van der Waals surface area contributed by atoms with Crippen LogP contribution in [0.3, 0.4) is 0 Å². The fourth-order valence-electron chi connectivity index (χ4n) is 1.44. The molecule has 0 fully saturated rings. The van der Waals surface area contributed by atoms with Gasteiger partial charge in [-0.2, -0.15) is 18.2 Å². The van der Waals surface area contributed by atoms with Gasteiger partial charge in [-0.05, 0) is 23.7 Å². The van der Waals surface area contributed by atoms with E-state index >= 15 is 0 Å². The lowest BCUT2D eigenvalue weighted by atomic mass is 10.3. The molecule has 4 nitrogen and oxygen atoms in total. The lowest BCUT2D eigenvalue weighted by molar-refractivity contribution is -0.141. The molecule has 0 aliphatic heterocycles. The van der Waals surface area contributed by atoms with Crippen molar-refractivity contribution in [2.24, 2.45) is 0 Å². The minimum absolute atomic E-state index is 0.0273. The Morgan fingerprint density at radius 2 is 1.67 bits per heavy atom. The van der Waals surface area contributed by atoms with Gasteiger partial charge in [0.05, 0.1) is 0 Å². The minimum Gasteiger partial charge on any atom is -0.490 e. The van der Waals surface area contributed by atoms with Crippen LogP contribution < -0.4 is 9.47 Å². The van der Waals surface area contributed by atoms with E-state index in [1.807, 2.05) is 6.07 Å². The molecule has 0 bridgehead atoms. The van der Waals surface area contributed by atoms with Crippen LogP contribution in [0.1, 0.15) is 5.69 Å². The van der Waals surface area contributed by atoms with Gasteiger partial charge in [0.25, 0.3) is 0 Å². The first-order chi connectivity index (χ1) is 9.95. The Morgan fingerprint density at radius 3 is 2.33 bits per heavy atom. The van der Waals surface area contributed by atoms with Crippen molar-refractivity contribution in [2.75, 3.05) is 13.2 Å². The van der Waals surface area contributed by atoms with Crippen molar-refractivity contribution in [3.8, 4) is 11.6 Å². The van der Waals surface area contributed by atoms with Crippen molar-refractivity contribution < 1.29 is 22.6 Å². The zero-order valence-electron chi connectivity index (χ0n) is 10.6. The number of benzene rings is 1. The van der Waals surface area contributed by atoms with Gasteiger partial charge in [-0.3, -0.25) is 0 Å². The van der Waals surface area contributed by atoms with Gasteiger partial charge in [0.2, 0.25) is 11.2 Å². The Labute approximate surface area is 123 Å². The molecular formula is C13H10ClF3N2O2. The Balaban J connectivity index is 1.90. The van der Waals surface area contributed by atoms with Crippen molar-refractivity contribution >= 4 is 11.6 Å². The number of hydrogen-bond donors (Lipinski definition) is 0. The molecule has 112 valence electrons. The SMILES string of the molecule is FC(F)(F)c1cc(OCCOc2ccccc2)nc(Cl)n1. The third-order valence-electron chi connectivity index (χ3n) is 2.31. The lowest BCUT2D eigenvalue weighted by Crippen LogP contribution is -2.13. The molecule has 2 rings (SSSR count). The first kappa shape index (κ1) is 15.4. The van der Waals surface area contributed by atoms with Gasteiger partial charge in [-0.1, -0.05) is 18.2 Å². The van der Waals surface area contributed by atoms with E-state index in [9.17, 15) is 13.2 Å². The summed E-state index contributed by atoms with van der Waals surface area (Å²) in [5.74, 6) is 0.386. The molecule has 1 aromatic heterocycles. The van der Waals surface area contributed by atoms with Crippen LogP contribution in [0.2, 0.25) is 5.28 Å². The number of hydrogen-bond acceptors (Lipinski definition) is 4. The van der Waals surface area contributed by atoms with Gasteiger partial charge in [0.1, 0.15) is 19.0 Å². The topological polar surface area (TPSA) is 44.2 Å².